The van der Waals surface area contributed by atoms with Crippen LogP contribution >= 0.6 is 15.9 Å². The maximum Gasteiger partial charge on any atom is 0.173 e. The molecule has 90 valence electrons. The number of aromatic nitrogens is 4. The SMILES string of the molecule is CNC(C)c1nnnn1-c1cc(C)cc(Br)c1. The molecule has 0 amide bonds. The van der Waals surface area contributed by atoms with Crippen molar-refractivity contribution in [2.75, 3.05) is 7.05 Å². The van der Waals surface area contributed by atoms with Gasteiger partial charge in [-0.15, -0.1) is 5.10 Å². The second-order valence-corrected chi connectivity index (χ2v) is 4.86. The van der Waals surface area contributed by atoms with Crippen molar-refractivity contribution in [2.45, 2.75) is 19.9 Å². The van der Waals surface area contributed by atoms with E-state index in [9.17, 15) is 0 Å². The van der Waals surface area contributed by atoms with Gasteiger partial charge in [-0.05, 0) is 55.1 Å². The van der Waals surface area contributed by atoms with E-state index in [1.165, 1.54) is 0 Å². The van der Waals surface area contributed by atoms with Gasteiger partial charge in [-0.3, -0.25) is 0 Å². The Bertz CT molecular complexity index is 502. The monoisotopic (exact) mass is 295 g/mol. The van der Waals surface area contributed by atoms with Gasteiger partial charge in [-0.1, -0.05) is 15.9 Å². The number of hydrogen-bond acceptors (Lipinski definition) is 4. The zero-order valence-corrected chi connectivity index (χ0v) is 11.6. The first kappa shape index (κ1) is 12.2. The van der Waals surface area contributed by atoms with Crippen molar-refractivity contribution in [3.63, 3.8) is 0 Å². The maximum absolute atomic E-state index is 4.05. The van der Waals surface area contributed by atoms with E-state index >= 15 is 0 Å². The molecule has 0 spiro atoms. The second kappa shape index (κ2) is 4.93. The third kappa shape index (κ3) is 2.53. The lowest BCUT2D eigenvalue weighted by atomic mass is 10.2. The molecule has 0 aliphatic rings. The molecule has 0 aliphatic carbocycles. The Labute approximate surface area is 108 Å². The highest BCUT2D eigenvalue weighted by molar-refractivity contribution is 9.10. The van der Waals surface area contributed by atoms with E-state index in [4.69, 9.17) is 0 Å². The van der Waals surface area contributed by atoms with E-state index < -0.39 is 0 Å². The number of nitrogens with one attached hydrogen (secondary N) is 1. The van der Waals surface area contributed by atoms with Gasteiger partial charge in [0, 0.05) is 4.47 Å². The van der Waals surface area contributed by atoms with Crippen LogP contribution in [0, 0.1) is 6.92 Å². The summed E-state index contributed by atoms with van der Waals surface area (Å²) in [5.74, 6) is 0.796. The minimum atomic E-state index is 0.101. The van der Waals surface area contributed by atoms with Crippen molar-refractivity contribution in [1.82, 2.24) is 25.5 Å². The van der Waals surface area contributed by atoms with Crippen molar-refractivity contribution in [3.8, 4) is 5.69 Å². The molecule has 17 heavy (non-hydrogen) atoms. The molecule has 0 bridgehead atoms. The van der Waals surface area contributed by atoms with Gasteiger partial charge in [0.1, 0.15) is 0 Å². The van der Waals surface area contributed by atoms with Crippen LogP contribution in [0.4, 0.5) is 0 Å². The summed E-state index contributed by atoms with van der Waals surface area (Å²) in [5, 5.41) is 14.9. The molecule has 2 rings (SSSR count). The van der Waals surface area contributed by atoms with Crippen molar-refractivity contribution in [1.29, 1.82) is 0 Å². The Kier molecular flexibility index (Phi) is 3.54. The molecule has 1 N–H and O–H groups in total. The van der Waals surface area contributed by atoms with E-state index in [0.717, 1.165) is 21.5 Å². The lowest BCUT2D eigenvalue weighted by molar-refractivity contribution is 0.588. The largest absolute Gasteiger partial charge is 0.311 e. The summed E-state index contributed by atoms with van der Waals surface area (Å²) in [5.41, 5.74) is 2.12. The highest BCUT2D eigenvalue weighted by Gasteiger charge is 2.14. The predicted octanol–water partition coefficient (Wildman–Crippen LogP) is 2.01. The molecule has 0 aliphatic heterocycles. The fourth-order valence-electron chi connectivity index (χ4n) is 1.62. The molecule has 1 unspecified atom stereocenters. The summed E-state index contributed by atoms with van der Waals surface area (Å²) in [6.07, 6.45) is 0. The molecule has 6 heteroatoms. The minimum Gasteiger partial charge on any atom is -0.311 e. The van der Waals surface area contributed by atoms with Crippen molar-refractivity contribution >= 4 is 15.9 Å². The fourth-order valence-corrected chi connectivity index (χ4v) is 2.21. The third-order valence-electron chi connectivity index (χ3n) is 2.59. The number of nitrogens with zero attached hydrogens (tertiary/aromatic N) is 4. The number of tetrazole rings is 1. The number of benzene rings is 1. The number of aryl methyl sites for hydroxylation is 1. The standard InChI is InChI=1S/C11H14BrN5/c1-7-4-9(12)6-10(5-7)17-11(8(2)13-3)14-15-16-17/h4-6,8,13H,1-3H3. The molecule has 0 fully saturated rings. The fraction of sp³-hybridized carbons (Fsp3) is 0.364. The van der Waals surface area contributed by atoms with Crippen molar-refractivity contribution in [2.24, 2.45) is 0 Å². The van der Waals surface area contributed by atoms with Crippen LogP contribution in [0.5, 0.6) is 0 Å². The Morgan fingerprint density at radius 2 is 2.12 bits per heavy atom. The first-order valence-corrected chi connectivity index (χ1v) is 6.14. The van der Waals surface area contributed by atoms with E-state index in [1.54, 1.807) is 4.68 Å². The van der Waals surface area contributed by atoms with Crippen molar-refractivity contribution < 1.29 is 0 Å². The van der Waals surface area contributed by atoms with Gasteiger partial charge in [0.2, 0.25) is 0 Å². The topological polar surface area (TPSA) is 55.6 Å². The van der Waals surface area contributed by atoms with Crippen LogP contribution in [0.25, 0.3) is 5.69 Å². The molecule has 5 nitrogen and oxygen atoms in total. The van der Waals surface area contributed by atoms with Gasteiger partial charge < -0.3 is 5.32 Å². The van der Waals surface area contributed by atoms with E-state index in [2.05, 4.69) is 42.8 Å². The molecule has 1 aromatic heterocycles. The molecule has 0 saturated carbocycles. The molecule has 1 heterocycles. The van der Waals surface area contributed by atoms with Gasteiger partial charge in [-0.25, -0.2) is 0 Å². The van der Waals surface area contributed by atoms with Crippen molar-refractivity contribution in [3.05, 3.63) is 34.1 Å². The number of hydrogen-bond donors (Lipinski definition) is 1. The average Bonchev–Trinajstić information content (AvgIpc) is 2.75. The molecule has 0 saturated heterocycles. The van der Waals surface area contributed by atoms with Crippen LogP contribution in [0.15, 0.2) is 22.7 Å². The minimum absolute atomic E-state index is 0.101. The summed E-state index contributed by atoms with van der Waals surface area (Å²) < 4.78 is 2.77. The first-order valence-electron chi connectivity index (χ1n) is 5.35. The molecule has 1 atom stereocenters. The first-order chi connectivity index (χ1) is 8.11. The molecule has 0 radical (unpaired) electrons. The summed E-state index contributed by atoms with van der Waals surface area (Å²) in [6, 6.07) is 6.20. The van der Waals surface area contributed by atoms with Crippen LogP contribution < -0.4 is 5.32 Å². The van der Waals surface area contributed by atoms with Crippen LogP contribution in [-0.4, -0.2) is 27.3 Å². The van der Waals surface area contributed by atoms with Gasteiger partial charge >= 0.3 is 0 Å². The molecule has 2 aromatic rings. The Morgan fingerprint density at radius 1 is 1.35 bits per heavy atom. The van der Waals surface area contributed by atoms with Crippen LogP contribution in [0.2, 0.25) is 0 Å². The van der Waals surface area contributed by atoms with E-state index in [0.29, 0.717) is 0 Å². The highest BCUT2D eigenvalue weighted by Crippen LogP contribution is 2.20. The summed E-state index contributed by atoms with van der Waals surface area (Å²) >= 11 is 3.48. The Morgan fingerprint density at radius 3 is 2.76 bits per heavy atom. The van der Waals surface area contributed by atoms with Crippen LogP contribution in [0.3, 0.4) is 0 Å². The lowest BCUT2D eigenvalue weighted by Gasteiger charge is -2.11. The van der Waals surface area contributed by atoms with Crippen LogP contribution in [-0.2, 0) is 0 Å². The Hall–Kier alpha value is -1.27. The zero-order valence-electron chi connectivity index (χ0n) is 9.98. The van der Waals surface area contributed by atoms with E-state index in [-0.39, 0.29) is 6.04 Å². The molecular weight excluding hydrogens is 282 g/mol. The number of halogens is 1. The average molecular weight is 296 g/mol. The van der Waals surface area contributed by atoms with Crippen LogP contribution in [0.1, 0.15) is 24.4 Å². The summed E-state index contributed by atoms with van der Waals surface area (Å²) in [7, 11) is 1.88. The summed E-state index contributed by atoms with van der Waals surface area (Å²) in [6.45, 7) is 4.06. The van der Waals surface area contributed by atoms with Gasteiger partial charge in [-0.2, -0.15) is 4.68 Å². The Balaban J connectivity index is 2.49. The molecular formula is C11H14BrN5. The smallest absolute Gasteiger partial charge is 0.173 e. The number of rotatable bonds is 3. The van der Waals surface area contributed by atoms with Gasteiger partial charge in [0.25, 0.3) is 0 Å². The maximum atomic E-state index is 4.05. The third-order valence-corrected chi connectivity index (χ3v) is 3.04. The van der Waals surface area contributed by atoms with E-state index in [1.807, 2.05) is 33.0 Å². The quantitative estimate of drug-likeness (QED) is 0.941. The van der Waals surface area contributed by atoms with Gasteiger partial charge in [0.05, 0.1) is 11.7 Å². The highest BCUT2D eigenvalue weighted by atomic mass is 79.9. The second-order valence-electron chi connectivity index (χ2n) is 3.95. The zero-order chi connectivity index (χ0) is 12.4. The summed E-state index contributed by atoms with van der Waals surface area (Å²) in [4.78, 5) is 0. The molecule has 1 aromatic carbocycles. The normalized spacial score (nSPS) is 12.7. The van der Waals surface area contributed by atoms with Gasteiger partial charge in [0.15, 0.2) is 5.82 Å². The predicted molar refractivity (Wildman–Crippen MR) is 69.1 cm³/mol. The lowest BCUT2D eigenvalue weighted by Crippen LogP contribution is -2.17.